The van der Waals surface area contributed by atoms with Gasteiger partial charge in [-0.25, -0.2) is 8.78 Å². The molecule has 0 aliphatic carbocycles. The Balaban J connectivity index is 2.88. The zero-order valence-corrected chi connectivity index (χ0v) is 8.22. The summed E-state index contributed by atoms with van der Waals surface area (Å²) in [6.07, 6.45) is 0.276. The van der Waals surface area contributed by atoms with Crippen molar-refractivity contribution in [1.29, 1.82) is 0 Å². The van der Waals surface area contributed by atoms with Crippen LogP contribution in [0.5, 0.6) is 5.75 Å². The van der Waals surface area contributed by atoms with E-state index in [4.69, 9.17) is 5.73 Å². The van der Waals surface area contributed by atoms with Crippen LogP contribution in [0.15, 0.2) is 12.1 Å². The second kappa shape index (κ2) is 4.72. The van der Waals surface area contributed by atoms with Crippen molar-refractivity contribution in [3.05, 3.63) is 29.3 Å². The molecule has 0 aliphatic rings. The first-order valence-corrected chi connectivity index (χ1v) is 4.34. The maximum Gasteiger partial charge on any atom is 0.217 e. The Labute approximate surface area is 85.8 Å². The molecule has 1 amide bonds. The zero-order chi connectivity index (χ0) is 11.4. The first-order chi connectivity index (χ1) is 7.04. The summed E-state index contributed by atoms with van der Waals surface area (Å²) >= 11 is 0. The Morgan fingerprint density at radius 1 is 1.40 bits per heavy atom. The number of carbonyl (C=O) groups is 1. The van der Waals surface area contributed by atoms with Gasteiger partial charge in [0.15, 0.2) is 17.4 Å². The predicted octanol–water partition coefficient (Wildman–Crippen LogP) is 1.39. The number of hydrogen-bond donors (Lipinski definition) is 1. The molecule has 0 atom stereocenters. The van der Waals surface area contributed by atoms with E-state index < -0.39 is 23.3 Å². The Kier molecular flexibility index (Phi) is 3.60. The highest BCUT2D eigenvalue weighted by Crippen LogP contribution is 2.23. The Morgan fingerprint density at radius 2 is 1.93 bits per heavy atom. The van der Waals surface area contributed by atoms with E-state index in [2.05, 4.69) is 4.74 Å². The summed E-state index contributed by atoms with van der Waals surface area (Å²) in [5.41, 5.74) is 5.30. The van der Waals surface area contributed by atoms with E-state index in [1.165, 1.54) is 7.11 Å². The number of hydrogen-bond acceptors (Lipinski definition) is 2. The normalized spacial score (nSPS) is 10.1. The molecule has 0 bridgehead atoms. The Hall–Kier alpha value is -1.65. The fraction of sp³-hybridized carbons (Fsp3) is 0.300. The molecule has 15 heavy (non-hydrogen) atoms. The second-order valence-electron chi connectivity index (χ2n) is 3.06. The summed E-state index contributed by atoms with van der Waals surface area (Å²) in [6, 6.07) is 2.26. The minimum absolute atomic E-state index is 0.0607. The molecule has 0 saturated heterocycles. The molecule has 0 unspecified atom stereocenters. The highest BCUT2D eigenvalue weighted by atomic mass is 19.1. The van der Waals surface area contributed by atoms with Crippen molar-refractivity contribution >= 4 is 5.91 Å². The van der Waals surface area contributed by atoms with E-state index in [1.807, 2.05) is 0 Å². The van der Waals surface area contributed by atoms with Crippen LogP contribution in [0.2, 0.25) is 0 Å². The van der Waals surface area contributed by atoms with Crippen molar-refractivity contribution in [2.75, 3.05) is 7.11 Å². The van der Waals surface area contributed by atoms with Crippen LogP contribution in [0, 0.1) is 11.6 Å². The summed E-state index contributed by atoms with van der Waals surface area (Å²) in [5, 5.41) is 0. The lowest BCUT2D eigenvalue weighted by molar-refractivity contribution is -0.117. The average molecular weight is 215 g/mol. The van der Waals surface area contributed by atoms with Gasteiger partial charge in [-0.15, -0.1) is 0 Å². The molecule has 5 heteroatoms. The van der Waals surface area contributed by atoms with Crippen molar-refractivity contribution in [2.24, 2.45) is 5.73 Å². The summed E-state index contributed by atoms with van der Waals surface area (Å²) < 4.78 is 30.8. The standard InChI is InChI=1S/C10H11F2NO2/c1-15-10-7(11)4-6(5-8(10)12)2-3-9(13)14/h4-5H,2-3H2,1H3,(H2,13,14). The summed E-state index contributed by atoms with van der Waals surface area (Å²) in [6.45, 7) is 0. The number of aryl methyl sites for hydroxylation is 1. The number of carbonyl (C=O) groups excluding carboxylic acids is 1. The third-order valence-corrected chi connectivity index (χ3v) is 1.92. The molecule has 0 fully saturated rings. The van der Waals surface area contributed by atoms with Crippen molar-refractivity contribution in [3.8, 4) is 5.75 Å². The molecule has 0 heterocycles. The second-order valence-corrected chi connectivity index (χ2v) is 3.06. The SMILES string of the molecule is COc1c(F)cc(CCC(N)=O)cc1F. The van der Waals surface area contributed by atoms with Gasteiger partial charge < -0.3 is 10.5 Å². The summed E-state index contributed by atoms with van der Waals surface area (Å²) in [7, 11) is 1.19. The van der Waals surface area contributed by atoms with E-state index in [0.717, 1.165) is 12.1 Å². The molecule has 0 saturated carbocycles. The quantitative estimate of drug-likeness (QED) is 0.825. The van der Waals surface area contributed by atoms with Crippen LogP contribution in [0.4, 0.5) is 8.78 Å². The molecule has 2 N–H and O–H groups in total. The number of rotatable bonds is 4. The van der Waals surface area contributed by atoms with Crippen LogP contribution >= 0.6 is 0 Å². The Morgan fingerprint density at radius 3 is 2.33 bits per heavy atom. The van der Waals surface area contributed by atoms with Gasteiger partial charge in [0.2, 0.25) is 5.91 Å². The van der Waals surface area contributed by atoms with Crippen molar-refractivity contribution < 1.29 is 18.3 Å². The number of benzene rings is 1. The van der Waals surface area contributed by atoms with Crippen molar-refractivity contribution in [1.82, 2.24) is 0 Å². The van der Waals surface area contributed by atoms with Gasteiger partial charge in [-0.3, -0.25) is 4.79 Å². The van der Waals surface area contributed by atoms with E-state index in [1.54, 1.807) is 0 Å². The molecular weight excluding hydrogens is 204 g/mol. The molecule has 0 radical (unpaired) electrons. The number of ether oxygens (including phenoxy) is 1. The van der Waals surface area contributed by atoms with Crippen LogP contribution in [0.3, 0.4) is 0 Å². The van der Waals surface area contributed by atoms with Gasteiger partial charge in [-0.1, -0.05) is 0 Å². The summed E-state index contributed by atoms with van der Waals surface area (Å²) in [5.74, 6) is -2.49. The maximum atomic E-state index is 13.2. The molecule has 1 aromatic carbocycles. The first kappa shape index (κ1) is 11.4. The van der Waals surface area contributed by atoms with E-state index in [-0.39, 0.29) is 12.8 Å². The number of amides is 1. The number of halogens is 2. The molecule has 0 aromatic heterocycles. The third kappa shape index (κ3) is 2.90. The van der Waals surface area contributed by atoms with Gasteiger partial charge >= 0.3 is 0 Å². The molecule has 0 spiro atoms. The lowest BCUT2D eigenvalue weighted by Crippen LogP contribution is -2.11. The topological polar surface area (TPSA) is 52.3 Å². The van der Waals surface area contributed by atoms with Crippen LogP contribution in [0.1, 0.15) is 12.0 Å². The van der Waals surface area contributed by atoms with Gasteiger partial charge in [-0.05, 0) is 24.1 Å². The van der Waals surface area contributed by atoms with E-state index >= 15 is 0 Å². The monoisotopic (exact) mass is 215 g/mol. The number of nitrogens with two attached hydrogens (primary N) is 1. The fourth-order valence-electron chi connectivity index (χ4n) is 1.22. The van der Waals surface area contributed by atoms with E-state index in [0.29, 0.717) is 5.56 Å². The molecule has 1 rings (SSSR count). The molecule has 0 aliphatic heterocycles. The number of primary amides is 1. The van der Waals surface area contributed by atoms with Crippen molar-refractivity contribution in [3.63, 3.8) is 0 Å². The molecular formula is C10H11F2NO2. The minimum Gasteiger partial charge on any atom is -0.491 e. The van der Waals surface area contributed by atoms with Crippen LogP contribution < -0.4 is 10.5 Å². The summed E-state index contributed by atoms with van der Waals surface area (Å²) in [4.78, 5) is 10.5. The van der Waals surface area contributed by atoms with Crippen LogP contribution in [-0.4, -0.2) is 13.0 Å². The van der Waals surface area contributed by atoms with Crippen LogP contribution in [-0.2, 0) is 11.2 Å². The minimum atomic E-state index is -0.781. The highest BCUT2D eigenvalue weighted by Gasteiger charge is 2.11. The highest BCUT2D eigenvalue weighted by molar-refractivity contribution is 5.74. The largest absolute Gasteiger partial charge is 0.491 e. The Bertz CT molecular complexity index is 357. The average Bonchev–Trinajstić information content (AvgIpc) is 2.14. The van der Waals surface area contributed by atoms with Crippen molar-refractivity contribution in [2.45, 2.75) is 12.8 Å². The van der Waals surface area contributed by atoms with Gasteiger partial charge in [0, 0.05) is 6.42 Å². The van der Waals surface area contributed by atoms with Gasteiger partial charge in [-0.2, -0.15) is 0 Å². The maximum absolute atomic E-state index is 13.2. The first-order valence-electron chi connectivity index (χ1n) is 4.34. The third-order valence-electron chi connectivity index (χ3n) is 1.92. The predicted molar refractivity (Wildman–Crippen MR) is 50.4 cm³/mol. The lowest BCUT2D eigenvalue weighted by Gasteiger charge is -2.06. The van der Waals surface area contributed by atoms with Crippen LogP contribution in [0.25, 0.3) is 0 Å². The fourth-order valence-corrected chi connectivity index (χ4v) is 1.22. The van der Waals surface area contributed by atoms with Gasteiger partial charge in [0.05, 0.1) is 7.11 Å². The lowest BCUT2D eigenvalue weighted by atomic mass is 10.1. The van der Waals surface area contributed by atoms with E-state index in [9.17, 15) is 13.6 Å². The van der Waals surface area contributed by atoms with Gasteiger partial charge in [0.1, 0.15) is 0 Å². The zero-order valence-electron chi connectivity index (χ0n) is 8.22. The number of methoxy groups -OCH3 is 1. The molecule has 1 aromatic rings. The molecule has 82 valence electrons. The smallest absolute Gasteiger partial charge is 0.217 e. The van der Waals surface area contributed by atoms with Gasteiger partial charge in [0.25, 0.3) is 0 Å². The molecule has 3 nitrogen and oxygen atoms in total.